The lowest BCUT2D eigenvalue weighted by Crippen LogP contribution is -1.83. The van der Waals surface area contributed by atoms with E-state index in [2.05, 4.69) is 0 Å². The van der Waals surface area contributed by atoms with Crippen molar-refractivity contribution in [3.05, 3.63) is 35.4 Å². The molecule has 11 heavy (non-hydrogen) atoms. The van der Waals surface area contributed by atoms with E-state index in [0.29, 0.717) is 17.4 Å². The normalized spacial score (nSPS) is 8.36. The number of carbonyl (C=O) groups is 1. The lowest BCUT2D eigenvalue weighted by Gasteiger charge is -1.93. The second-order valence-corrected chi connectivity index (χ2v) is 2.01. The molecule has 0 spiro atoms. The van der Waals surface area contributed by atoms with Crippen molar-refractivity contribution in [2.45, 2.75) is 0 Å². The van der Waals surface area contributed by atoms with Crippen molar-refractivity contribution in [3.63, 3.8) is 0 Å². The minimum atomic E-state index is 0.510. The summed E-state index contributed by atoms with van der Waals surface area (Å²) < 4.78 is 0. The van der Waals surface area contributed by atoms with Crippen LogP contribution in [0.3, 0.4) is 0 Å². The Labute approximate surface area is 64.2 Å². The Morgan fingerprint density at radius 3 is 2.36 bits per heavy atom. The predicted octanol–water partition coefficient (Wildman–Crippen LogP) is 1.34. The Morgan fingerprint density at radius 1 is 1.18 bits per heavy atom. The fourth-order valence-electron chi connectivity index (χ4n) is 0.813. The summed E-state index contributed by atoms with van der Waals surface area (Å²) in [5.74, 6) is 1.62. The number of carbonyl (C=O) groups excluding carboxylic acids is 2. The van der Waals surface area contributed by atoms with Gasteiger partial charge in [0.1, 0.15) is 5.94 Å². The van der Waals surface area contributed by atoms with Gasteiger partial charge in [-0.25, -0.2) is 4.79 Å². The Bertz CT molecular complexity index is 309. The zero-order chi connectivity index (χ0) is 8.10. The van der Waals surface area contributed by atoms with Crippen LogP contribution < -0.4 is 0 Å². The van der Waals surface area contributed by atoms with Gasteiger partial charge in [-0.1, -0.05) is 24.3 Å². The van der Waals surface area contributed by atoms with E-state index in [1.165, 1.54) is 6.08 Å². The summed E-state index contributed by atoms with van der Waals surface area (Å²) in [6, 6.07) is 6.84. The fraction of sp³-hybridized carbons (Fsp3) is 0. The van der Waals surface area contributed by atoms with Gasteiger partial charge in [-0.05, 0) is 5.56 Å². The molecule has 0 fully saturated rings. The highest BCUT2D eigenvalue weighted by Gasteiger charge is 1.94. The Balaban J connectivity index is 3.21. The van der Waals surface area contributed by atoms with E-state index in [1.54, 1.807) is 30.2 Å². The van der Waals surface area contributed by atoms with Gasteiger partial charge in [0.15, 0.2) is 6.29 Å². The average molecular weight is 146 g/mol. The van der Waals surface area contributed by atoms with Crippen molar-refractivity contribution in [3.8, 4) is 0 Å². The van der Waals surface area contributed by atoms with Gasteiger partial charge in [-0.3, -0.25) is 4.79 Å². The number of benzene rings is 1. The zero-order valence-corrected chi connectivity index (χ0v) is 5.78. The molecule has 0 unspecified atom stereocenters. The maximum atomic E-state index is 10.4. The van der Waals surface area contributed by atoms with E-state index in [-0.39, 0.29) is 0 Å². The van der Waals surface area contributed by atoms with Crippen LogP contribution in [0.1, 0.15) is 15.9 Å². The van der Waals surface area contributed by atoms with Crippen molar-refractivity contribution in [2.24, 2.45) is 0 Å². The van der Waals surface area contributed by atoms with Crippen LogP contribution >= 0.6 is 0 Å². The second kappa shape index (κ2) is 3.49. The third-order valence-corrected chi connectivity index (χ3v) is 1.34. The number of rotatable bonds is 2. The van der Waals surface area contributed by atoms with Gasteiger partial charge in [-0.2, -0.15) is 0 Å². The molecule has 0 aliphatic rings. The van der Waals surface area contributed by atoms with Gasteiger partial charge in [0, 0.05) is 11.6 Å². The molecule has 2 heteroatoms. The van der Waals surface area contributed by atoms with Gasteiger partial charge in [0.2, 0.25) is 0 Å². The highest BCUT2D eigenvalue weighted by atomic mass is 16.1. The highest BCUT2D eigenvalue weighted by Crippen LogP contribution is 2.05. The first kappa shape index (κ1) is 7.45. The Hall–Kier alpha value is -1.66. The van der Waals surface area contributed by atoms with Crippen molar-refractivity contribution >= 4 is 18.3 Å². The number of aldehydes is 1. The third kappa shape index (κ3) is 1.63. The highest BCUT2D eigenvalue weighted by molar-refractivity contribution is 5.86. The van der Waals surface area contributed by atoms with Gasteiger partial charge in [-0.15, -0.1) is 0 Å². The number of hydrogen-bond donors (Lipinski definition) is 0. The molecule has 0 bridgehead atoms. The number of hydrogen-bond acceptors (Lipinski definition) is 2. The molecule has 1 rings (SSSR count). The topological polar surface area (TPSA) is 34.1 Å². The van der Waals surface area contributed by atoms with E-state index in [1.807, 2.05) is 0 Å². The van der Waals surface area contributed by atoms with Crippen LogP contribution in [0.5, 0.6) is 0 Å². The van der Waals surface area contributed by atoms with Gasteiger partial charge in [0.05, 0.1) is 0 Å². The van der Waals surface area contributed by atoms with E-state index in [9.17, 15) is 9.59 Å². The molecule has 0 aliphatic heterocycles. The molecule has 0 saturated heterocycles. The molecular formula is C9H6O2. The molecule has 0 amide bonds. The Morgan fingerprint density at radius 2 is 1.82 bits per heavy atom. The zero-order valence-electron chi connectivity index (χ0n) is 5.78. The Kier molecular flexibility index (Phi) is 2.37. The summed E-state index contributed by atoms with van der Waals surface area (Å²) in [6.45, 7) is 0. The van der Waals surface area contributed by atoms with Crippen LogP contribution in [0, 0.1) is 0 Å². The van der Waals surface area contributed by atoms with Crippen LogP contribution in [0.4, 0.5) is 0 Å². The van der Waals surface area contributed by atoms with Gasteiger partial charge < -0.3 is 0 Å². The molecule has 0 radical (unpaired) electrons. The predicted molar refractivity (Wildman–Crippen MR) is 42.0 cm³/mol. The molecule has 1 aromatic carbocycles. The molecule has 54 valence electrons. The standard InChI is InChI=1S/C9H6O2/c10-6-5-8-3-1-2-4-9(8)7-11/h1-5,7H. The van der Waals surface area contributed by atoms with Crippen LogP contribution in [-0.2, 0) is 4.79 Å². The first-order valence-electron chi connectivity index (χ1n) is 3.13. The second-order valence-electron chi connectivity index (χ2n) is 2.01. The average Bonchev–Trinajstić information content (AvgIpc) is 2.06. The monoisotopic (exact) mass is 146 g/mol. The van der Waals surface area contributed by atoms with Crippen molar-refractivity contribution in [1.29, 1.82) is 0 Å². The maximum Gasteiger partial charge on any atom is 0.150 e. The lowest BCUT2D eigenvalue weighted by atomic mass is 10.1. The molecule has 0 N–H and O–H groups in total. The maximum absolute atomic E-state index is 10.4. The molecular weight excluding hydrogens is 140 g/mol. The summed E-state index contributed by atoms with van der Waals surface area (Å²) in [5, 5.41) is 0. The largest absolute Gasteiger partial charge is 0.298 e. The quantitative estimate of drug-likeness (QED) is 0.466. The van der Waals surface area contributed by atoms with E-state index < -0.39 is 0 Å². The molecule has 0 aromatic heterocycles. The smallest absolute Gasteiger partial charge is 0.150 e. The molecule has 0 atom stereocenters. The molecule has 0 heterocycles. The van der Waals surface area contributed by atoms with Crippen molar-refractivity contribution < 1.29 is 9.59 Å². The molecule has 0 aliphatic carbocycles. The summed E-state index contributed by atoms with van der Waals surface area (Å²) in [4.78, 5) is 20.3. The lowest BCUT2D eigenvalue weighted by molar-refractivity contribution is 0.112. The summed E-state index contributed by atoms with van der Waals surface area (Å²) >= 11 is 0. The van der Waals surface area contributed by atoms with Crippen LogP contribution in [0.15, 0.2) is 24.3 Å². The minimum absolute atomic E-state index is 0.510. The first-order valence-corrected chi connectivity index (χ1v) is 3.13. The molecule has 0 saturated carbocycles. The summed E-state index contributed by atoms with van der Waals surface area (Å²) in [6.07, 6.45) is 1.95. The van der Waals surface area contributed by atoms with Gasteiger partial charge in [0.25, 0.3) is 0 Å². The summed E-state index contributed by atoms with van der Waals surface area (Å²) in [5.41, 5.74) is 1.12. The van der Waals surface area contributed by atoms with Crippen molar-refractivity contribution in [1.82, 2.24) is 0 Å². The minimum Gasteiger partial charge on any atom is -0.298 e. The fourth-order valence-corrected chi connectivity index (χ4v) is 0.813. The van der Waals surface area contributed by atoms with Crippen LogP contribution in [0.2, 0.25) is 0 Å². The van der Waals surface area contributed by atoms with Crippen LogP contribution in [0.25, 0.3) is 6.08 Å². The SMILES string of the molecule is O=C=Cc1ccccc1C=O. The van der Waals surface area contributed by atoms with E-state index in [0.717, 1.165) is 0 Å². The molecule has 2 nitrogen and oxygen atoms in total. The summed E-state index contributed by atoms with van der Waals surface area (Å²) in [7, 11) is 0. The van der Waals surface area contributed by atoms with Crippen LogP contribution in [-0.4, -0.2) is 12.2 Å². The van der Waals surface area contributed by atoms with E-state index in [4.69, 9.17) is 0 Å². The van der Waals surface area contributed by atoms with Gasteiger partial charge >= 0.3 is 0 Å². The van der Waals surface area contributed by atoms with E-state index >= 15 is 0 Å². The first-order chi connectivity index (χ1) is 5.38. The van der Waals surface area contributed by atoms with Crippen molar-refractivity contribution in [2.75, 3.05) is 0 Å². The molecule has 1 aromatic rings. The third-order valence-electron chi connectivity index (χ3n) is 1.34.